The van der Waals surface area contributed by atoms with Crippen molar-refractivity contribution in [1.29, 1.82) is 0 Å². The highest BCUT2D eigenvalue weighted by Crippen LogP contribution is 2.33. The van der Waals surface area contributed by atoms with Gasteiger partial charge in [0, 0.05) is 17.1 Å². The molecule has 0 unspecified atom stereocenters. The third kappa shape index (κ3) is 3.94. The van der Waals surface area contributed by atoms with E-state index >= 15 is 0 Å². The van der Waals surface area contributed by atoms with Crippen molar-refractivity contribution in [1.82, 2.24) is 8.96 Å². The predicted molar refractivity (Wildman–Crippen MR) is 120 cm³/mol. The highest BCUT2D eigenvalue weighted by Gasteiger charge is 2.23. The van der Waals surface area contributed by atoms with Crippen LogP contribution in [-0.4, -0.2) is 30.0 Å². The molecule has 0 fully saturated rings. The van der Waals surface area contributed by atoms with E-state index < -0.39 is 16.0 Å². The van der Waals surface area contributed by atoms with E-state index in [1.54, 1.807) is 67.6 Å². The Morgan fingerprint density at radius 1 is 1.03 bits per heavy atom. The molecule has 0 saturated carbocycles. The predicted octanol–water partition coefficient (Wildman–Crippen LogP) is 5.08. The molecule has 0 aliphatic rings. The fourth-order valence-electron chi connectivity index (χ4n) is 3.29. The third-order valence-corrected chi connectivity index (χ3v) is 6.75. The Bertz CT molecular complexity index is 1380. The monoisotopic (exact) mass is 454 g/mol. The first-order valence-electron chi connectivity index (χ1n) is 9.58. The molecule has 0 radical (unpaired) electrons. The van der Waals surface area contributed by atoms with Crippen LogP contribution in [0.4, 0.5) is 0 Å². The molecule has 2 aromatic carbocycles. The number of halogens is 1. The smallest absolute Gasteiger partial charge is 0.338 e. The van der Waals surface area contributed by atoms with Crippen molar-refractivity contribution in [3.05, 3.63) is 83.1 Å². The van der Waals surface area contributed by atoms with Crippen molar-refractivity contribution >= 4 is 38.6 Å². The van der Waals surface area contributed by atoms with E-state index in [0.717, 1.165) is 15.1 Å². The highest BCUT2D eigenvalue weighted by molar-refractivity contribution is 7.90. The van der Waals surface area contributed by atoms with E-state index in [4.69, 9.17) is 16.3 Å². The Labute approximate surface area is 185 Å². The second-order valence-corrected chi connectivity index (χ2v) is 9.16. The number of aryl methyl sites for hydroxylation is 1. The summed E-state index contributed by atoms with van der Waals surface area (Å²) in [6.45, 7) is 3.92. The molecule has 158 valence electrons. The van der Waals surface area contributed by atoms with Crippen molar-refractivity contribution in [2.24, 2.45) is 0 Å². The van der Waals surface area contributed by atoms with Gasteiger partial charge in [0.15, 0.2) is 5.65 Å². The molecule has 0 bridgehead atoms. The lowest BCUT2D eigenvalue weighted by atomic mass is 10.0. The van der Waals surface area contributed by atoms with Crippen LogP contribution in [0, 0.1) is 6.92 Å². The molecule has 6 nitrogen and oxygen atoms in total. The van der Waals surface area contributed by atoms with Crippen LogP contribution in [0.25, 0.3) is 22.2 Å². The van der Waals surface area contributed by atoms with Gasteiger partial charge in [-0.2, -0.15) is 0 Å². The molecule has 0 aliphatic heterocycles. The van der Waals surface area contributed by atoms with E-state index in [0.29, 0.717) is 16.5 Å². The van der Waals surface area contributed by atoms with Crippen LogP contribution in [0.2, 0.25) is 5.15 Å². The molecule has 0 atom stereocenters. The molecule has 0 amide bonds. The minimum atomic E-state index is -3.89. The molecule has 0 spiro atoms. The van der Waals surface area contributed by atoms with E-state index in [-0.39, 0.29) is 22.3 Å². The van der Waals surface area contributed by atoms with Crippen molar-refractivity contribution in [2.45, 2.75) is 18.7 Å². The van der Waals surface area contributed by atoms with Crippen LogP contribution in [0.5, 0.6) is 0 Å². The van der Waals surface area contributed by atoms with Gasteiger partial charge in [0.25, 0.3) is 10.0 Å². The molecule has 31 heavy (non-hydrogen) atoms. The van der Waals surface area contributed by atoms with Gasteiger partial charge in [0.05, 0.1) is 17.1 Å². The Hall–Kier alpha value is -3.16. The Balaban J connectivity index is 1.87. The molecule has 0 aliphatic carbocycles. The van der Waals surface area contributed by atoms with Crippen LogP contribution in [-0.2, 0) is 14.8 Å². The number of pyridine rings is 1. The summed E-state index contributed by atoms with van der Waals surface area (Å²) in [5, 5.41) is 0.819. The molecule has 4 rings (SSSR count). The maximum atomic E-state index is 13.3. The van der Waals surface area contributed by atoms with Crippen LogP contribution >= 0.6 is 11.6 Å². The standard InChI is InChI=1S/C23H19ClN2O4S/c1-3-30-23(27)17-8-6-16(7-9-17)20-14-26(22-19(20)12-13-21(24)25-22)31(28,29)18-10-4-15(2)5-11-18/h4-14H,3H2,1-2H3. The van der Waals surface area contributed by atoms with Gasteiger partial charge in [-0.05, 0) is 55.8 Å². The summed E-state index contributed by atoms with van der Waals surface area (Å²) >= 11 is 6.08. The summed E-state index contributed by atoms with van der Waals surface area (Å²) in [6, 6.07) is 16.8. The summed E-state index contributed by atoms with van der Waals surface area (Å²) in [5.41, 5.74) is 3.01. The molecular weight excluding hydrogens is 436 g/mol. The van der Waals surface area contributed by atoms with E-state index in [2.05, 4.69) is 4.98 Å². The average molecular weight is 455 g/mol. The topological polar surface area (TPSA) is 78.3 Å². The van der Waals surface area contributed by atoms with Crippen molar-refractivity contribution in [2.75, 3.05) is 6.61 Å². The molecule has 0 N–H and O–H groups in total. The summed E-state index contributed by atoms with van der Waals surface area (Å²) in [6.07, 6.45) is 1.53. The van der Waals surface area contributed by atoms with Crippen LogP contribution in [0.3, 0.4) is 0 Å². The number of hydrogen-bond donors (Lipinski definition) is 0. The molecule has 2 heterocycles. The Morgan fingerprint density at radius 2 is 1.71 bits per heavy atom. The quantitative estimate of drug-likeness (QED) is 0.310. The number of rotatable bonds is 5. The van der Waals surface area contributed by atoms with Gasteiger partial charge in [0.2, 0.25) is 0 Å². The van der Waals surface area contributed by atoms with Crippen molar-refractivity contribution in [3.8, 4) is 11.1 Å². The van der Waals surface area contributed by atoms with Crippen LogP contribution < -0.4 is 0 Å². The Morgan fingerprint density at radius 3 is 2.35 bits per heavy atom. The van der Waals surface area contributed by atoms with Crippen molar-refractivity contribution < 1.29 is 17.9 Å². The SMILES string of the molecule is CCOC(=O)c1ccc(-c2cn(S(=O)(=O)c3ccc(C)cc3)c3nc(Cl)ccc23)cc1. The van der Waals surface area contributed by atoms with Gasteiger partial charge in [-0.3, -0.25) is 0 Å². The minimum Gasteiger partial charge on any atom is -0.462 e. The van der Waals surface area contributed by atoms with Crippen molar-refractivity contribution in [3.63, 3.8) is 0 Å². The number of ether oxygens (including phenoxy) is 1. The zero-order valence-electron chi connectivity index (χ0n) is 16.9. The van der Waals surface area contributed by atoms with Gasteiger partial charge in [-0.25, -0.2) is 22.2 Å². The minimum absolute atomic E-state index is 0.154. The van der Waals surface area contributed by atoms with Gasteiger partial charge < -0.3 is 4.74 Å². The van der Waals surface area contributed by atoms with E-state index in [1.807, 2.05) is 6.92 Å². The number of aromatic nitrogens is 2. The number of nitrogens with zero attached hydrogens (tertiary/aromatic N) is 2. The van der Waals surface area contributed by atoms with Gasteiger partial charge >= 0.3 is 5.97 Å². The lowest BCUT2D eigenvalue weighted by Crippen LogP contribution is -2.12. The summed E-state index contributed by atoms with van der Waals surface area (Å²) in [7, 11) is -3.89. The number of esters is 1. The lowest BCUT2D eigenvalue weighted by molar-refractivity contribution is 0.0526. The largest absolute Gasteiger partial charge is 0.462 e. The highest BCUT2D eigenvalue weighted by atomic mass is 35.5. The third-order valence-electron chi connectivity index (χ3n) is 4.87. The fraction of sp³-hybridized carbons (Fsp3) is 0.130. The average Bonchev–Trinajstić information content (AvgIpc) is 3.14. The van der Waals surface area contributed by atoms with Gasteiger partial charge in [-0.15, -0.1) is 0 Å². The first kappa shape index (κ1) is 21.1. The second kappa shape index (κ2) is 8.17. The first-order valence-corrected chi connectivity index (χ1v) is 11.4. The number of benzene rings is 2. The summed E-state index contributed by atoms with van der Waals surface area (Å²) < 4.78 is 32.9. The van der Waals surface area contributed by atoms with E-state index in [1.165, 1.54) is 6.20 Å². The first-order chi connectivity index (χ1) is 14.8. The number of carbonyl (C=O) groups excluding carboxylic acids is 1. The van der Waals surface area contributed by atoms with Crippen LogP contribution in [0.1, 0.15) is 22.8 Å². The normalized spacial score (nSPS) is 11.6. The zero-order valence-corrected chi connectivity index (χ0v) is 18.4. The van der Waals surface area contributed by atoms with Gasteiger partial charge in [0.1, 0.15) is 5.15 Å². The lowest BCUT2D eigenvalue weighted by Gasteiger charge is -2.07. The maximum absolute atomic E-state index is 13.3. The summed E-state index contributed by atoms with van der Waals surface area (Å²) in [5.74, 6) is -0.410. The molecule has 0 saturated heterocycles. The number of hydrogen-bond acceptors (Lipinski definition) is 5. The molecular formula is C23H19ClN2O4S. The van der Waals surface area contributed by atoms with Crippen LogP contribution in [0.15, 0.2) is 71.8 Å². The molecule has 4 aromatic rings. The van der Waals surface area contributed by atoms with E-state index in [9.17, 15) is 13.2 Å². The second-order valence-electron chi connectivity index (χ2n) is 6.96. The number of carbonyl (C=O) groups is 1. The fourth-order valence-corrected chi connectivity index (χ4v) is 4.75. The molecule has 8 heteroatoms. The Kier molecular flexibility index (Phi) is 5.56. The number of fused-ring (bicyclic) bond motifs is 1. The van der Waals surface area contributed by atoms with Gasteiger partial charge in [-0.1, -0.05) is 41.4 Å². The zero-order chi connectivity index (χ0) is 22.2. The maximum Gasteiger partial charge on any atom is 0.338 e. The molecule has 2 aromatic heterocycles. The summed E-state index contributed by atoms with van der Waals surface area (Å²) in [4.78, 5) is 16.4.